The summed E-state index contributed by atoms with van der Waals surface area (Å²) in [7, 11) is 0. The van der Waals surface area contributed by atoms with Gasteiger partial charge in [0.2, 0.25) is 5.75 Å². The van der Waals surface area contributed by atoms with Crippen molar-refractivity contribution in [3.63, 3.8) is 0 Å². The second kappa shape index (κ2) is 7.90. The number of benzene rings is 3. The molecule has 0 saturated carbocycles. The topological polar surface area (TPSA) is 116 Å². The summed E-state index contributed by atoms with van der Waals surface area (Å²) in [5.41, 5.74) is -0.0304. The van der Waals surface area contributed by atoms with E-state index in [9.17, 15) is 25.3 Å². The van der Waals surface area contributed by atoms with E-state index >= 15 is 0 Å². The molecule has 0 heterocycles. The van der Waals surface area contributed by atoms with Crippen molar-refractivity contribution in [2.24, 2.45) is 0 Å². The highest BCUT2D eigenvalue weighted by Gasteiger charge is 2.18. The maximum Gasteiger partial charge on any atom is 0.312 e. The molecule has 138 valence electrons. The van der Waals surface area contributed by atoms with E-state index in [4.69, 9.17) is 0 Å². The van der Waals surface area contributed by atoms with Crippen LogP contribution in [0.5, 0.6) is 5.75 Å². The van der Waals surface area contributed by atoms with Crippen LogP contribution in [0.4, 0.5) is 11.4 Å². The van der Waals surface area contributed by atoms with Crippen LogP contribution >= 0.6 is 15.9 Å². The molecule has 7 nitrogen and oxygen atoms in total. The zero-order valence-electron chi connectivity index (χ0n) is 14.2. The van der Waals surface area contributed by atoms with E-state index in [0.29, 0.717) is 5.69 Å². The average molecular weight is 438 g/mol. The number of nitriles is 1. The van der Waals surface area contributed by atoms with Crippen molar-refractivity contribution in [2.75, 3.05) is 5.32 Å². The Labute approximate surface area is 167 Å². The number of carbonyl (C=O) groups excluding carboxylic acids is 1. The van der Waals surface area contributed by atoms with Crippen molar-refractivity contribution in [3.05, 3.63) is 80.3 Å². The van der Waals surface area contributed by atoms with E-state index in [2.05, 4.69) is 21.2 Å². The summed E-state index contributed by atoms with van der Waals surface area (Å²) in [6, 6.07) is 17.2. The number of phenols is 1. The van der Waals surface area contributed by atoms with Crippen molar-refractivity contribution in [1.29, 1.82) is 5.26 Å². The molecular weight excluding hydrogens is 426 g/mol. The number of aromatic hydroxyl groups is 1. The quantitative estimate of drug-likeness (QED) is 0.264. The number of hydrogen-bond acceptors (Lipinski definition) is 5. The van der Waals surface area contributed by atoms with E-state index in [1.54, 1.807) is 18.2 Å². The van der Waals surface area contributed by atoms with Crippen molar-refractivity contribution < 1.29 is 14.8 Å². The van der Waals surface area contributed by atoms with Crippen LogP contribution in [-0.4, -0.2) is 15.9 Å². The molecule has 0 aliphatic rings. The molecule has 3 rings (SSSR count). The molecule has 0 atom stereocenters. The highest BCUT2D eigenvalue weighted by atomic mass is 79.9. The molecule has 0 aliphatic carbocycles. The maximum atomic E-state index is 12.5. The first-order valence-electron chi connectivity index (χ1n) is 7.98. The number of nitrogens with zero attached hydrogens (tertiary/aromatic N) is 2. The number of nitro groups is 1. The lowest BCUT2D eigenvalue weighted by Gasteiger charge is -2.06. The van der Waals surface area contributed by atoms with Crippen LogP contribution in [-0.2, 0) is 4.79 Å². The Morgan fingerprint density at radius 2 is 1.89 bits per heavy atom. The number of carbonyl (C=O) groups is 1. The summed E-state index contributed by atoms with van der Waals surface area (Å²) in [6.45, 7) is 0. The fourth-order valence-electron chi connectivity index (χ4n) is 2.61. The van der Waals surface area contributed by atoms with Crippen LogP contribution in [0.2, 0.25) is 0 Å². The van der Waals surface area contributed by atoms with Crippen LogP contribution in [0.25, 0.3) is 16.8 Å². The smallest absolute Gasteiger partial charge is 0.312 e. The fraction of sp³-hybridized carbons (Fsp3) is 0. The SMILES string of the molecule is N#CC(=Cc1cc(Br)c(O)c([N+](=O)[O-])c1)C(=O)Nc1ccc2ccccc2c1. The van der Waals surface area contributed by atoms with Gasteiger partial charge in [0.15, 0.2) is 0 Å². The monoisotopic (exact) mass is 437 g/mol. The molecule has 8 heteroatoms. The molecule has 0 aromatic heterocycles. The molecule has 28 heavy (non-hydrogen) atoms. The Morgan fingerprint density at radius 3 is 2.57 bits per heavy atom. The van der Waals surface area contributed by atoms with Gasteiger partial charge in [-0.15, -0.1) is 0 Å². The Kier molecular flexibility index (Phi) is 5.38. The van der Waals surface area contributed by atoms with Crippen LogP contribution in [0.1, 0.15) is 5.56 Å². The van der Waals surface area contributed by atoms with Gasteiger partial charge in [-0.1, -0.05) is 30.3 Å². The van der Waals surface area contributed by atoms with Gasteiger partial charge < -0.3 is 10.4 Å². The van der Waals surface area contributed by atoms with Gasteiger partial charge in [-0.3, -0.25) is 14.9 Å². The van der Waals surface area contributed by atoms with E-state index in [-0.39, 0.29) is 15.6 Å². The second-order valence-electron chi connectivity index (χ2n) is 5.81. The highest BCUT2D eigenvalue weighted by Crippen LogP contribution is 2.35. The third-order valence-corrected chi connectivity index (χ3v) is 4.55. The molecule has 0 saturated heterocycles. The predicted molar refractivity (Wildman–Crippen MR) is 109 cm³/mol. The molecule has 0 fully saturated rings. The van der Waals surface area contributed by atoms with E-state index in [1.807, 2.05) is 30.3 Å². The first-order chi connectivity index (χ1) is 13.4. The van der Waals surface area contributed by atoms with Crippen LogP contribution in [0, 0.1) is 21.4 Å². The minimum atomic E-state index is -0.751. The first-order valence-corrected chi connectivity index (χ1v) is 8.77. The Balaban J connectivity index is 1.91. The molecule has 3 aromatic rings. The molecular formula is C20H12BrN3O4. The summed E-state index contributed by atoms with van der Waals surface area (Å²) in [6.07, 6.45) is 1.22. The van der Waals surface area contributed by atoms with Gasteiger partial charge in [-0.25, -0.2) is 0 Å². The van der Waals surface area contributed by atoms with Gasteiger partial charge in [0.05, 0.1) is 9.40 Å². The number of hydrogen-bond donors (Lipinski definition) is 2. The average Bonchev–Trinajstić information content (AvgIpc) is 2.68. The normalized spacial score (nSPS) is 11.1. The Hall–Kier alpha value is -3.70. The van der Waals surface area contributed by atoms with Crippen LogP contribution in [0.15, 0.2) is 64.6 Å². The van der Waals surface area contributed by atoms with Crippen molar-refractivity contribution in [3.8, 4) is 11.8 Å². The number of rotatable bonds is 4. The highest BCUT2D eigenvalue weighted by molar-refractivity contribution is 9.10. The molecule has 0 aliphatic heterocycles. The number of phenolic OH excluding ortho intramolecular Hbond substituents is 1. The third-order valence-electron chi connectivity index (χ3n) is 3.95. The van der Waals surface area contributed by atoms with Crippen molar-refractivity contribution in [2.45, 2.75) is 0 Å². The van der Waals surface area contributed by atoms with E-state index < -0.39 is 22.3 Å². The zero-order valence-corrected chi connectivity index (χ0v) is 15.8. The number of amides is 1. The predicted octanol–water partition coefficient (Wildman–Crippen LogP) is 4.76. The van der Waals surface area contributed by atoms with Gasteiger partial charge >= 0.3 is 5.69 Å². The molecule has 0 spiro atoms. The van der Waals surface area contributed by atoms with Crippen molar-refractivity contribution in [1.82, 2.24) is 0 Å². The van der Waals surface area contributed by atoms with Crippen molar-refractivity contribution >= 4 is 50.1 Å². The lowest BCUT2D eigenvalue weighted by Crippen LogP contribution is -2.13. The second-order valence-corrected chi connectivity index (χ2v) is 6.67. The van der Waals surface area contributed by atoms with E-state index in [0.717, 1.165) is 16.8 Å². The lowest BCUT2D eigenvalue weighted by molar-refractivity contribution is -0.386. The number of anilines is 1. The van der Waals surface area contributed by atoms with Gasteiger partial charge in [-0.2, -0.15) is 5.26 Å². The summed E-state index contributed by atoms with van der Waals surface area (Å²) >= 11 is 3.02. The minimum Gasteiger partial charge on any atom is -0.501 e. The molecule has 0 radical (unpaired) electrons. The molecule has 3 aromatic carbocycles. The maximum absolute atomic E-state index is 12.5. The minimum absolute atomic E-state index is 0.0835. The third kappa shape index (κ3) is 4.00. The number of halogens is 1. The van der Waals surface area contributed by atoms with Gasteiger partial charge in [0.1, 0.15) is 11.6 Å². The van der Waals surface area contributed by atoms with Gasteiger partial charge in [0, 0.05) is 11.8 Å². The number of nitro benzene ring substituents is 1. The van der Waals surface area contributed by atoms with Crippen LogP contribution in [0.3, 0.4) is 0 Å². The van der Waals surface area contributed by atoms with Gasteiger partial charge in [0.25, 0.3) is 5.91 Å². The van der Waals surface area contributed by atoms with Gasteiger partial charge in [-0.05, 0) is 56.5 Å². The summed E-state index contributed by atoms with van der Waals surface area (Å²) in [5.74, 6) is -1.18. The Morgan fingerprint density at radius 1 is 1.18 bits per heavy atom. The standard InChI is InChI=1S/C20H12BrN3O4/c21-17-8-12(9-18(19(17)25)24(27)28)7-15(11-22)20(26)23-16-6-5-13-3-1-2-4-14(13)10-16/h1-10,25H,(H,23,26). The fourth-order valence-corrected chi connectivity index (χ4v) is 3.08. The molecule has 0 bridgehead atoms. The first kappa shape index (κ1) is 19.1. The van der Waals surface area contributed by atoms with Crippen LogP contribution < -0.4 is 5.32 Å². The van der Waals surface area contributed by atoms with E-state index in [1.165, 1.54) is 12.1 Å². The number of fused-ring (bicyclic) bond motifs is 1. The molecule has 1 amide bonds. The summed E-state index contributed by atoms with van der Waals surface area (Å²) in [5, 5.41) is 34.7. The molecule has 0 unspecified atom stereocenters. The summed E-state index contributed by atoms with van der Waals surface area (Å²) in [4.78, 5) is 22.7. The number of nitrogens with one attached hydrogen (secondary N) is 1. The summed E-state index contributed by atoms with van der Waals surface area (Å²) < 4.78 is 0.0835. The Bertz CT molecular complexity index is 1180. The lowest BCUT2D eigenvalue weighted by atomic mass is 10.1. The zero-order chi connectivity index (χ0) is 20.3. The molecule has 2 N–H and O–H groups in total. The largest absolute Gasteiger partial charge is 0.501 e.